The fourth-order valence-electron chi connectivity index (χ4n) is 1.19. The molecule has 0 atom stereocenters. The molecule has 2 rings (SSSR count). The molecule has 0 saturated heterocycles. The molecule has 0 saturated carbocycles. The van der Waals surface area contributed by atoms with Crippen molar-refractivity contribution < 1.29 is 19.0 Å². The van der Waals surface area contributed by atoms with Gasteiger partial charge in [0.05, 0.1) is 0 Å². The van der Waals surface area contributed by atoms with E-state index in [-0.39, 0.29) is 13.2 Å². The van der Waals surface area contributed by atoms with Crippen molar-refractivity contribution in [2.24, 2.45) is 0 Å². The summed E-state index contributed by atoms with van der Waals surface area (Å²) in [5.41, 5.74) is 0. The van der Waals surface area contributed by atoms with Gasteiger partial charge in [-0.15, -0.1) is 0 Å². The Bertz CT molecular complexity index is 373. The Balaban J connectivity index is 2.29. The zero-order valence-electron chi connectivity index (χ0n) is 7.43. The van der Waals surface area contributed by atoms with Gasteiger partial charge in [0.1, 0.15) is 24.7 Å². The standard InChI is InChI=1S/C10H10O4/c11-5-7-1-3-9(13-7)10-4-2-8(6-12)14-10/h1-4,11-12H,5-6H2. The second kappa shape index (κ2) is 3.69. The van der Waals surface area contributed by atoms with E-state index in [4.69, 9.17) is 19.0 Å². The lowest BCUT2D eigenvalue weighted by Gasteiger charge is -1.91. The predicted octanol–water partition coefficient (Wildman–Crippen LogP) is 1.52. The third kappa shape index (κ3) is 1.57. The van der Waals surface area contributed by atoms with Crippen LogP contribution in [0.15, 0.2) is 33.1 Å². The number of aliphatic hydroxyl groups is 2. The molecule has 0 aliphatic rings. The lowest BCUT2D eigenvalue weighted by Crippen LogP contribution is -1.75. The maximum atomic E-state index is 8.78. The second-order valence-corrected chi connectivity index (χ2v) is 2.85. The highest BCUT2D eigenvalue weighted by atomic mass is 16.4. The molecule has 0 spiro atoms. The first kappa shape index (κ1) is 9.05. The Hall–Kier alpha value is -1.52. The quantitative estimate of drug-likeness (QED) is 0.777. The molecule has 74 valence electrons. The van der Waals surface area contributed by atoms with Gasteiger partial charge in [-0.1, -0.05) is 0 Å². The van der Waals surface area contributed by atoms with Crippen molar-refractivity contribution in [3.05, 3.63) is 35.8 Å². The molecule has 0 fully saturated rings. The normalized spacial score (nSPS) is 10.7. The molecule has 2 aromatic heterocycles. The number of rotatable bonds is 3. The van der Waals surface area contributed by atoms with E-state index in [0.717, 1.165) is 0 Å². The first-order chi connectivity index (χ1) is 6.83. The minimum atomic E-state index is -0.131. The van der Waals surface area contributed by atoms with Crippen LogP contribution in [-0.2, 0) is 13.2 Å². The van der Waals surface area contributed by atoms with Crippen LogP contribution < -0.4 is 0 Å². The van der Waals surface area contributed by atoms with Crippen LogP contribution in [0.3, 0.4) is 0 Å². The van der Waals surface area contributed by atoms with Gasteiger partial charge in [0, 0.05) is 0 Å². The molecular formula is C10H10O4. The molecule has 0 unspecified atom stereocenters. The summed E-state index contributed by atoms with van der Waals surface area (Å²) in [4.78, 5) is 0. The lowest BCUT2D eigenvalue weighted by molar-refractivity contribution is 0.243. The topological polar surface area (TPSA) is 66.7 Å². The van der Waals surface area contributed by atoms with Gasteiger partial charge in [0.25, 0.3) is 0 Å². The summed E-state index contributed by atoms with van der Waals surface area (Å²) >= 11 is 0. The highest BCUT2D eigenvalue weighted by Crippen LogP contribution is 2.24. The Kier molecular flexibility index (Phi) is 2.39. The Morgan fingerprint density at radius 2 is 1.21 bits per heavy atom. The molecule has 2 heterocycles. The monoisotopic (exact) mass is 194 g/mol. The largest absolute Gasteiger partial charge is 0.455 e. The summed E-state index contributed by atoms with van der Waals surface area (Å²) < 4.78 is 10.5. The van der Waals surface area contributed by atoms with Gasteiger partial charge < -0.3 is 19.0 Å². The third-order valence-corrected chi connectivity index (χ3v) is 1.88. The Morgan fingerprint density at radius 1 is 0.786 bits per heavy atom. The van der Waals surface area contributed by atoms with Crippen LogP contribution in [0, 0.1) is 0 Å². The molecule has 2 N–H and O–H groups in total. The van der Waals surface area contributed by atoms with E-state index in [1.807, 2.05) is 0 Å². The van der Waals surface area contributed by atoms with Crippen LogP contribution in [-0.4, -0.2) is 10.2 Å². The predicted molar refractivity (Wildman–Crippen MR) is 48.3 cm³/mol. The fraction of sp³-hybridized carbons (Fsp3) is 0.200. The molecule has 4 nitrogen and oxygen atoms in total. The molecule has 2 aromatic rings. The third-order valence-electron chi connectivity index (χ3n) is 1.88. The first-order valence-electron chi connectivity index (χ1n) is 4.23. The fourth-order valence-corrected chi connectivity index (χ4v) is 1.19. The minimum absolute atomic E-state index is 0.131. The van der Waals surface area contributed by atoms with Crippen molar-refractivity contribution in [2.45, 2.75) is 13.2 Å². The minimum Gasteiger partial charge on any atom is -0.455 e. The average Bonchev–Trinajstić information content (AvgIpc) is 2.86. The maximum absolute atomic E-state index is 8.78. The van der Waals surface area contributed by atoms with Crippen molar-refractivity contribution in [3.63, 3.8) is 0 Å². The van der Waals surface area contributed by atoms with Gasteiger partial charge in [0.15, 0.2) is 11.5 Å². The molecule has 0 aromatic carbocycles. The van der Waals surface area contributed by atoms with Crippen molar-refractivity contribution in [1.82, 2.24) is 0 Å². The first-order valence-corrected chi connectivity index (χ1v) is 4.23. The van der Waals surface area contributed by atoms with Gasteiger partial charge in [-0.3, -0.25) is 0 Å². The summed E-state index contributed by atoms with van der Waals surface area (Å²) in [5, 5.41) is 17.6. The Labute approximate surface area is 80.4 Å². The highest BCUT2D eigenvalue weighted by molar-refractivity contribution is 5.50. The summed E-state index contributed by atoms with van der Waals surface area (Å²) in [6.07, 6.45) is 0. The van der Waals surface area contributed by atoms with Crippen molar-refractivity contribution in [1.29, 1.82) is 0 Å². The van der Waals surface area contributed by atoms with Crippen LogP contribution >= 0.6 is 0 Å². The molecule has 0 radical (unpaired) electrons. The van der Waals surface area contributed by atoms with Crippen molar-refractivity contribution >= 4 is 0 Å². The van der Waals surface area contributed by atoms with E-state index >= 15 is 0 Å². The summed E-state index contributed by atoms with van der Waals surface area (Å²) in [5.74, 6) is 2.08. The van der Waals surface area contributed by atoms with Crippen LogP contribution in [0.1, 0.15) is 11.5 Å². The molecular weight excluding hydrogens is 184 g/mol. The van der Waals surface area contributed by atoms with Gasteiger partial charge >= 0.3 is 0 Å². The van der Waals surface area contributed by atoms with Crippen molar-refractivity contribution in [2.75, 3.05) is 0 Å². The smallest absolute Gasteiger partial charge is 0.169 e. The SMILES string of the molecule is OCc1ccc(-c2ccc(CO)o2)o1. The number of hydrogen-bond donors (Lipinski definition) is 2. The molecule has 14 heavy (non-hydrogen) atoms. The molecule has 0 bridgehead atoms. The molecule has 0 amide bonds. The van der Waals surface area contributed by atoms with E-state index in [9.17, 15) is 0 Å². The molecule has 0 aliphatic heterocycles. The van der Waals surface area contributed by atoms with E-state index in [1.165, 1.54) is 0 Å². The average molecular weight is 194 g/mol. The van der Waals surface area contributed by atoms with E-state index in [2.05, 4.69) is 0 Å². The van der Waals surface area contributed by atoms with E-state index in [0.29, 0.717) is 23.0 Å². The lowest BCUT2D eigenvalue weighted by atomic mass is 10.3. The van der Waals surface area contributed by atoms with E-state index in [1.54, 1.807) is 24.3 Å². The highest BCUT2D eigenvalue weighted by Gasteiger charge is 2.08. The van der Waals surface area contributed by atoms with Crippen LogP contribution in [0.2, 0.25) is 0 Å². The zero-order chi connectivity index (χ0) is 9.97. The molecule has 0 aliphatic carbocycles. The second-order valence-electron chi connectivity index (χ2n) is 2.85. The van der Waals surface area contributed by atoms with Gasteiger partial charge in [-0.25, -0.2) is 0 Å². The van der Waals surface area contributed by atoms with Crippen LogP contribution in [0.4, 0.5) is 0 Å². The summed E-state index contributed by atoms with van der Waals surface area (Å²) in [6.45, 7) is -0.263. The van der Waals surface area contributed by atoms with Gasteiger partial charge in [-0.05, 0) is 24.3 Å². The summed E-state index contributed by atoms with van der Waals surface area (Å²) in [7, 11) is 0. The number of aliphatic hydroxyl groups excluding tert-OH is 2. The van der Waals surface area contributed by atoms with Gasteiger partial charge in [0.2, 0.25) is 0 Å². The van der Waals surface area contributed by atoms with Crippen LogP contribution in [0.25, 0.3) is 11.5 Å². The zero-order valence-corrected chi connectivity index (χ0v) is 7.43. The Morgan fingerprint density at radius 3 is 1.50 bits per heavy atom. The number of furan rings is 2. The van der Waals surface area contributed by atoms with E-state index < -0.39 is 0 Å². The summed E-state index contributed by atoms with van der Waals surface area (Å²) in [6, 6.07) is 6.78. The number of hydrogen-bond acceptors (Lipinski definition) is 4. The molecule has 4 heteroatoms. The van der Waals surface area contributed by atoms with Gasteiger partial charge in [-0.2, -0.15) is 0 Å². The van der Waals surface area contributed by atoms with Crippen LogP contribution in [0.5, 0.6) is 0 Å². The maximum Gasteiger partial charge on any atom is 0.169 e. The van der Waals surface area contributed by atoms with Crippen molar-refractivity contribution in [3.8, 4) is 11.5 Å².